The van der Waals surface area contributed by atoms with Gasteiger partial charge >= 0.3 is 0 Å². The van der Waals surface area contributed by atoms with Crippen molar-refractivity contribution in [2.45, 2.75) is 42.2 Å². The molecule has 3 fully saturated rings. The van der Waals surface area contributed by atoms with E-state index in [2.05, 4.69) is 10.6 Å². The predicted molar refractivity (Wildman–Crippen MR) is 129 cm³/mol. The number of β-amino-alcohol motifs (C(OH)–C–C–N with tert-alkyl or cyclic N) is 1. The quantitative estimate of drug-likeness (QED) is 0.581. The van der Waals surface area contributed by atoms with Gasteiger partial charge in [0, 0.05) is 24.0 Å². The van der Waals surface area contributed by atoms with Gasteiger partial charge in [-0.25, -0.2) is 0 Å². The van der Waals surface area contributed by atoms with Gasteiger partial charge in [-0.15, -0.1) is 11.8 Å². The van der Waals surface area contributed by atoms with Crippen LogP contribution >= 0.6 is 11.8 Å². The van der Waals surface area contributed by atoms with E-state index in [9.17, 15) is 19.5 Å². The number of carbonyl (C=O) groups is 3. The first-order chi connectivity index (χ1) is 16.0. The SMILES string of the molecule is CCCNC(=O)[C@@H]1[C@@H]2CCC3(S2)C(C(=O)Nc2ccc4ccccc4c2)N(CCO)C(=O)[C@H]13. The number of hydrogen-bond acceptors (Lipinski definition) is 5. The predicted octanol–water partition coefficient (Wildman–Crippen LogP) is 2.39. The van der Waals surface area contributed by atoms with Gasteiger partial charge in [-0.3, -0.25) is 14.4 Å². The molecule has 1 spiro atoms. The summed E-state index contributed by atoms with van der Waals surface area (Å²) in [4.78, 5) is 41.7. The third-order valence-corrected chi connectivity index (χ3v) is 9.21. The monoisotopic (exact) mass is 467 g/mol. The second-order valence-electron chi connectivity index (χ2n) is 9.15. The maximum atomic E-state index is 13.7. The fraction of sp³-hybridized carbons (Fsp3) is 0.480. The van der Waals surface area contributed by atoms with Crippen LogP contribution in [0.2, 0.25) is 0 Å². The highest BCUT2D eigenvalue weighted by Crippen LogP contribution is 2.66. The van der Waals surface area contributed by atoms with E-state index in [1.54, 1.807) is 11.8 Å². The Bertz CT molecular complexity index is 1110. The average Bonchev–Trinajstić information content (AvgIpc) is 3.45. The highest BCUT2D eigenvalue weighted by atomic mass is 32.2. The molecule has 3 aliphatic heterocycles. The van der Waals surface area contributed by atoms with E-state index < -0.39 is 22.6 Å². The van der Waals surface area contributed by atoms with Crippen molar-refractivity contribution in [1.29, 1.82) is 0 Å². The molecular formula is C25H29N3O4S. The molecule has 8 heteroatoms. The summed E-state index contributed by atoms with van der Waals surface area (Å²) >= 11 is 1.64. The second kappa shape index (κ2) is 8.65. The van der Waals surface area contributed by atoms with Crippen molar-refractivity contribution in [2.75, 3.05) is 25.0 Å². The van der Waals surface area contributed by atoms with Gasteiger partial charge in [0.15, 0.2) is 0 Å². The lowest BCUT2D eigenvalue weighted by Crippen LogP contribution is -2.52. The zero-order valence-corrected chi connectivity index (χ0v) is 19.4. The Balaban J connectivity index is 1.46. The number of benzene rings is 2. The molecule has 3 aliphatic rings. The molecule has 0 saturated carbocycles. The molecule has 174 valence electrons. The number of anilines is 1. The third kappa shape index (κ3) is 3.51. The van der Waals surface area contributed by atoms with Gasteiger partial charge in [0.25, 0.3) is 0 Å². The lowest BCUT2D eigenvalue weighted by molar-refractivity contribution is -0.139. The first-order valence-electron chi connectivity index (χ1n) is 11.7. The van der Waals surface area contributed by atoms with Crippen molar-refractivity contribution in [3.05, 3.63) is 42.5 Å². The Morgan fingerprint density at radius 3 is 2.73 bits per heavy atom. The molecule has 2 aromatic rings. The molecule has 2 bridgehead atoms. The van der Waals surface area contributed by atoms with E-state index in [4.69, 9.17) is 0 Å². The van der Waals surface area contributed by atoms with Crippen LogP contribution in [0.1, 0.15) is 26.2 Å². The number of hydrogen-bond donors (Lipinski definition) is 3. The Morgan fingerprint density at radius 1 is 1.18 bits per heavy atom. The molecule has 0 aromatic heterocycles. The molecule has 7 nitrogen and oxygen atoms in total. The second-order valence-corrected chi connectivity index (χ2v) is 10.8. The van der Waals surface area contributed by atoms with Crippen LogP contribution in [0.5, 0.6) is 0 Å². The topological polar surface area (TPSA) is 98.7 Å². The largest absolute Gasteiger partial charge is 0.395 e. The minimum atomic E-state index is -0.715. The molecule has 3 amide bonds. The Labute approximate surface area is 197 Å². The molecule has 5 atom stereocenters. The van der Waals surface area contributed by atoms with Crippen LogP contribution in [0.25, 0.3) is 10.8 Å². The average molecular weight is 468 g/mol. The molecule has 3 saturated heterocycles. The molecule has 0 radical (unpaired) electrons. The number of fused-ring (bicyclic) bond motifs is 2. The van der Waals surface area contributed by atoms with Crippen molar-refractivity contribution < 1.29 is 19.5 Å². The molecule has 33 heavy (non-hydrogen) atoms. The molecule has 3 heterocycles. The number of amides is 3. The van der Waals surface area contributed by atoms with Crippen LogP contribution in [0.3, 0.4) is 0 Å². The van der Waals surface area contributed by atoms with Crippen LogP contribution < -0.4 is 10.6 Å². The highest BCUT2D eigenvalue weighted by Gasteiger charge is 2.73. The normalized spacial score (nSPS) is 30.0. The lowest BCUT2D eigenvalue weighted by Gasteiger charge is -2.34. The Kier molecular flexibility index (Phi) is 5.82. The number of likely N-dealkylation sites (tertiary alicyclic amines) is 1. The van der Waals surface area contributed by atoms with Crippen molar-refractivity contribution in [2.24, 2.45) is 11.8 Å². The van der Waals surface area contributed by atoms with Crippen LogP contribution in [0, 0.1) is 11.8 Å². The summed E-state index contributed by atoms with van der Waals surface area (Å²) in [6, 6.07) is 13.0. The number of nitrogens with zero attached hydrogens (tertiary/aromatic N) is 1. The standard InChI is InChI=1S/C25H29N3O4S/c1-2-11-26-22(30)19-18-9-10-25(33-18)20(19)24(32)28(12-13-29)21(25)23(31)27-17-8-7-15-5-3-4-6-16(15)14-17/h3-8,14,18-21,29H,2,9-13H2,1H3,(H,26,30)(H,27,31)/t18-,19+,20-,21?,25?/m0/s1. The molecule has 2 aromatic carbocycles. The number of nitrogens with one attached hydrogen (secondary N) is 2. The van der Waals surface area contributed by atoms with Gasteiger partial charge in [-0.1, -0.05) is 37.3 Å². The number of carbonyl (C=O) groups excluding carboxylic acids is 3. The van der Waals surface area contributed by atoms with E-state index in [1.807, 2.05) is 49.4 Å². The lowest BCUT2D eigenvalue weighted by atomic mass is 9.70. The molecule has 3 N–H and O–H groups in total. The van der Waals surface area contributed by atoms with Gasteiger partial charge in [0.1, 0.15) is 6.04 Å². The fourth-order valence-electron chi connectivity index (χ4n) is 5.95. The summed E-state index contributed by atoms with van der Waals surface area (Å²) in [5.41, 5.74) is 0.671. The first kappa shape index (κ1) is 22.2. The zero-order valence-electron chi connectivity index (χ0n) is 18.6. The minimum Gasteiger partial charge on any atom is -0.395 e. The number of aliphatic hydroxyl groups is 1. The molecule has 5 rings (SSSR count). The summed E-state index contributed by atoms with van der Waals surface area (Å²) in [6.45, 7) is 2.43. The summed E-state index contributed by atoms with van der Waals surface area (Å²) in [6.07, 6.45) is 2.35. The van der Waals surface area contributed by atoms with Gasteiger partial charge in [-0.05, 0) is 42.2 Å². The number of thioether (sulfide) groups is 1. The maximum absolute atomic E-state index is 13.7. The van der Waals surface area contributed by atoms with Gasteiger partial charge in [-0.2, -0.15) is 0 Å². The van der Waals surface area contributed by atoms with Crippen LogP contribution in [0.15, 0.2) is 42.5 Å². The minimum absolute atomic E-state index is 0.0445. The highest BCUT2D eigenvalue weighted by molar-refractivity contribution is 8.02. The van der Waals surface area contributed by atoms with Gasteiger partial charge in [0.05, 0.1) is 23.2 Å². The first-order valence-corrected chi connectivity index (χ1v) is 12.5. The Hall–Kier alpha value is -2.58. The van der Waals surface area contributed by atoms with Gasteiger partial charge < -0.3 is 20.6 Å². The van der Waals surface area contributed by atoms with Gasteiger partial charge in [0.2, 0.25) is 17.7 Å². The molecule has 2 unspecified atom stereocenters. The van der Waals surface area contributed by atoms with Crippen LogP contribution in [0.4, 0.5) is 5.69 Å². The summed E-state index contributed by atoms with van der Waals surface area (Å²) in [5.74, 6) is -1.49. The molecular weight excluding hydrogens is 438 g/mol. The van der Waals surface area contributed by atoms with Crippen molar-refractivity contribution >= 4 is 45.9 Å². The zero-order chi connectivity index (χ0) is 23.2. The van der Waals surface area contributed by atoms with E-state index in [0.717, 1.165) is 23.6 Å². The third-order valence-electron chi connectivity index (χ3n) is 7.26. The van der Waals surface area contributed by atoms with E-state index in [-0.39, 0.29) is 36.1 Å². The van der Waals surface area contributed by atoms with Crippen LogP contribution in [-0.2, 0) is 14.4 Å². The van der Waals surface area contributed by atoms with E-state index >= 15 is 0 Å². The van der Waals surface area contributed by atoms with Crippen LogP contribution in [-0.4, -0.2) is 63.5 Å². The number of aliphatic hydroxyl groups excluding tert-OH is 1. The molecule has 0 aliphatic carbocycles. The smallest absolute Gasteiger partial charge is 0.248 e. The maximum Gasteiger partial charge on any atom is 0.248 e. The number of rotatable bonds is 7. The van der Waals surface area contributed by atoms with E-state index in [1.165, 1.54) is 4.90 Å². The fourth-order valence-corrected chi connectivity index (χ4v) is 8.17. The Morgan fingerprint density at radius 2 is 1.97 bits per heavy atom. The summed E-state index contributed by atoms with van der Waals surface area (Å²) < 4.78 is -0.633. The summed E-state index contributed by atoms with van der Waals surface area (Å²) in [7, 11) is 0. The summed E-state index contributed by atoms with van der Waals surface area (Å²) in [5, 5.41) is 17.8. The van der Waals surface area contributed by atoms with E-state index in [0.29, 0.717) is 18.7 Å². The van der Waals surface area contributed by atoms with Crippen molar-refractivity contribution in [1.82, 2.24) is 10.2 Å². The van der Waals surface area contributed by atoms with Crippen molar-refractivity contribution in [3.8, 4) is 0 Å². The van der Waals surface area contributed by atoms with Crippen molar-refractivity contribution in [3.63, 3.8) is 0 Å².